The van der Waals surface area contributed by atoms with Crippen LogP contribution in [0.5, 0.6) is 5.75 Å². The fraction of sp³-hybridized carbons (Fsp3) is 0.304. The monoisotopic (exact) mass is 446 g/mol. The number of hydrogen-bond acceptors (Lipinski definition) is 4. The summed E-state index contributed by atoms with van der Waals surface area (Å²) in [6.07, 6.45) is -2.58. The van der Waals surface area contributed by atoms with E-state index in [4.69, 9.17) is 4.74 Å². The van der Waals surface area contributed by atoms with Gasteiger partial charge in [0.15, 0.2) is 0 Å². The van der Waals surface area contributed by atoms with Gasteiger partial charge in [0.2, 0.25) is 0 Å². The normalized spacial score (nSPS) is 13.8. The molecule has 0 radical (unpaired) electrons. The minimum atomic E-state index is -4.37. The Morgan fingerprint density at radius 3 is 2.55 bits per heavy atom. The first-order chi connectivity index (χ1) is 14.8. The summed E-state index contributed by atoms with van der Waals surface area (Å²) in [6, 6.07) is 12.1. The van der Waals surface area contributed by atoms with Crippen LogP contribution in [0.15, 0.2) is 53.9 Å². The van der Waals surface area contributed by atoms with Gasteiger partial charge in [-0.3, -0.25) is 4.79 Å². The van der Waals surface area contributed by atoms with Crippen molar-refractivity contribution in [2.45, 2.75) is 45.1 Å². The molecule has 0 atom stereocenters. The highest BCUT2D eigenvalue weighted by Crippen LogP contribution is 2.32. The van der Waals surface area contributed by atoms with Crippen molar-refractivity contribution >= 4 is 17.2 Å². The number of carbonyl (C=O) groups is 1. The zero-order valence-electron chi connectivity index (χ0n) is 16.9. The second kappa shape index (κ2) is 8.70. The standard InChI is InChI=1S/C23H21F3N2O2S/c1-15-27-19(14-31-15)13-30-21-4-2-3-17(11-21)22(29)28(20-9-10-20)12-16-5-7-18(8-6-16)23(24,25)26/h2-8,11,14,20H,9-10,12-13H2,1H3. The number of carbonyl (C=O) groups excluding carboxylic acids is 1. The minimum Gasteiger partial charge on any atom is -0.487 e. The zero-order chi connectivity index (χ0) is 22.0. The largest absolute Gasteiger partial charge is 0.487 e. The molecule has 0 unspecified atom stereocenters. The molecule has 0 saturated heterocycles. The van der Waals surface area contributed by atoms with E-state index in [9.17, 15) is 18.0 Å². The molecular formula is C23H21F3N2O2S. The van der Waals surface area contributed by atoms with E-state index >= 15 is 0 Å². The third-order valence-corrected chi connectivity index (χ3v) is 5.84. The number of thiazole rings is 1. The third-order valence-electron chi connectivity index (χ3n) is 5.02. The van der Waals surface area contributed by atoms with Gasteiger partial charge < -0.3 is 9.64 Å². The van der Waals surface area contributed by atoms with Crippen LogP contribution in [-0.2, 0) is 19.3 Å². The van der Waals surface area contributed by atoms with E-state index in [0.717, 1.165) is 35.7 Å². The van der Waals surface area contributed by atoms with Crippen LogP contribution in [0.4, 0.5) is 13.2 Å². The number of benzene rings is 2. The molecule has 0 N–H and O–H groups in total. The van der Waals surface area contributed by atoms with Crippen molar-refractivity contribution < 1.29 is 22.7 Å². The van der Waals surface area contributed by atoms with Crippen LogP contribution in [0.3, 0.4) is 0 Å². The molecule has 1 fully saturated rings. The molecule has 1 heterocycles. The van der Waals surface area contributed by atoms with Crippen LogP contribution < -0.4 is 4.74 Å². The number of hydrogen-bond donors (Lipinski definition) is 0. The average molecular weight is 446 g/mol. The maximum absolute atomic E-state index is 13.2. The average Bonchev–Trinajstić information content (AvgIpc) is 3.51. The fourth-order valence-electron chi connectivity index (χ4n) is 3.27. The van der Waals surface area contributed by atoms with Crippen LogP contribution in [0.1, 0.15) is 45.0 Å². The molecule has 8 heteroatoms. The van der Waals surface area contributed by atoms with Crippen molar-refractivity contribution in [3.05, 3.63) is 81.3 Å². The van der Waals surface area contributed by atoms with Crippen LogP contribution in [0.2, 0.25) is 0 Å². The molecule has 1 saturated carbocycles. The quantitative estimate of drug-likeness (QED) is 0.457. The summed E-state index contributed by atoms with van der Waals surface area (Å²) >= 11 is 1.55. The lowest BCUT2D eigenvalue weighted by Gasteiger charge is -2.23. The Morgan fingerprint density at radius 1 is 1.19 bits per heavy atom. The Bertz CT molecular complexity index is 1060. The van der Waals surface area contributed by atoms with Gasteiger partial charge >= 0.3 is 6.18 Å². The van der Waals surface area contributed by atoms with Crippen LogP contribution in [0, 0.1) is 6.92 Å². The van der Waals surface area contributed by atoms with E-state index in [1.54, 1.807) is 40.5 Å². The molecule has 4 rings (SSSR count). The van der Waals surface area contributed by atoms with Gasteiger partial charge in [-0.15, -0.1) is 11.3 Å². The lowest BCUT2D eigenvalue weighted by atomic mass is 10.1. The lowest BCUT2D eigenvalue weighted by Crippen LogP contribution is -2.32. The molecular weight excluding hydrogens is 425 g/mol. The SMILES string of the molecule is Cc1nc(COc2cccc(C(=O)N(Cc3ccc(C(F)(F)F)cc3)C3CC3)c2)cs1. The van der Waals surface area contributed by atoms with Gasteiger partial charge in [-0.05, 0) is 55.7 Å². The molecule has 0 aliphatic heterocycles. The van der Waals surface area contributed by atoms with Gasteiger partial charge in [0.05, 0.1) is 16.3 Å². The van der Waals surface area contributed by atoms with E-state index in [0.29, 0.717) is 23.5 Å². The van der Waals surface area contributed by atoms with Crippen LogP contribution >= 0.6 is 11.3 Å². The first-order valence-electron chi connectivity index (χ1n) is 9.90. The summed E-state index contributed by atoms with van der Waals surface area (Å²) < 4.78 is 44.2. The number of rotatable bonds is 7. The number of aryl methyl sites for hydroxylation is 1. The van der Waals surface area contributed by atoms with Crippen LogP contribution in [-0.4, -0.2) is 21.8 Å². The number of ether oxygens (including phenoxy) is 1. The number of alkyl halides is 3. The van der Waals surface area contributed by atoms with Crippen molar-refractivity contribution in [3.63, 3.8) is 0 Å². The third kappa shape index (κ3) is 5.44. The molecule has 1 aromatic heterocycles. The van der Waals surface area contributed by atoms with E-state index in [1.807, 2.05) is 12.3 Å². The Balaban J connectivity index is 1.46. The predicted molar refractivity (Wildman–Crippen MR) is 112 cm³/mol. The second-order valence-corrected chi connectivity index (χ2v) is 8.60. The summed E-state index contributed by atoms with van der Waals surface area (Å²) in [5, 5.41) is 2.90. The maximum atomic E-state index is 13.2. The Labute approximate surface area is 182 Å². The first-order valence-corrected chi connectivity index (χ1v) is 10.8. The van der Waals surface area contributed by atoms with Gasteiger partial charge in [0, 0.05) is 23.5 Å². The lowest BCUT2D eigenvalue weighted by molar-refractivity contribution is -0.137. The molecule has 0 bridgehead atoms. The molecule has 0 spiro atoms. The summed E-state index contributed by atoms with van der Waals surface area (Å²) in [5.41, 5.74) is 1.30. The highest BCUT2D eigenvalue weighted by Gasteiger charge is 2.34. The summed E-state index contributed by atoms with van der Waals surface area (Å²) in [4.78, 5) is 19.3. The molecule has 1 aliphatic carbocycles. The first kappa shape index (κ1) is 21.4. The molecule has 1 amide bonds. The van der Waals surface area contributed by atoms with E-state index in [1.165, 1.54) is 12.1 Å². The second-order valence-electron chi connectivity index (χ2n) is 7.53. The molecule has 1 aliphatic rings. The number of amides is 1. The van der Waals surface area contributed by atoms with Crippen LogP contribution in [0.25, 0.3) is 0 Å². The predicted octanol–water partition coefficient (Wildman–Crippen LogP) is 5.85. The smallest absolute Gasteiger partial charge is 0.416 e. The van der Waals surface area contributed by atoms with Gasteiger partial charge in [-0.2, -0.15) is 13.2 Å². The highest BCUT2D eigenvalue weighted by molar-refractivity contribution is 7.09. The molecule has 162 valence electrons. The van der Waals surface area contributed by atoms with E-state index in [-0.39, 0.29) is 18.5 Å². The van der Waals surface area contributed by atoms with E-state index < -0.39 is 11.7 Å². The summed E-state index contributed by atoms with van der Waals surface area (Å²) in [6.45, 7) is 2.52. The van der Waals surface area contributed by atoms with Gasteiger partial charge in [0.25, 0.3) is 5.91 Å². The fourth-order valence-corrected chi connectivity index (χ4v) is 3.86. The van der Waals surface area contributed by atoms with Crippen molar-refractivity contribution in [2.75, 3.05) is 0 Å². The number of aromatic nitrogens is 1. The van der Waals surface area contributed by atoms with Gasteiger partial charge in [0.1, 0.15) is 12.4 Å². The topological polar surface area (TPSA) is 42.4 Å². The summed E-state index contributed by atoms with van der Waals surface area (Å²) in [7, 11) is 0. The molecule has 31 heavy (non-hydrogen) atoms. The van der Waals surface area contributed by atoms with Crippen molar-refractivity contribution in [3.8, 4) is 5.75 Å². The zero-order valence-corrected chi connectivity index (χ0v) is 17.7. The van der Waals surface area contributed by atoms with Crippen molar-refractivity contribution in [2.24, 2.45) is 0 Å². The van der Waals surface area contributed by atoms with Crippen molar-refractivity contribution in [1.29, 1.82) is 0 Å². The maximum Gasteiger partial charge on any atom is 0.416 e. The minimum absolute atomic E-state index is 0.109. The van der Waals surface area contributed by atoms with Crippen molar-refractivity contribution in [1.82, 2.24) is 9.88 Å². The van der Waals surface area contributed by atoms with Gasteiger partial charge in [-0.1, -0.05) is 18.2 Å². The highest BCUT2D eigenvalue weighted by atomic mass is 32.1. The Kier molecular flexibility index (Phi) is 6.00. The number of nitrogens with zero attached hydrogens (tertiary/aromatic N) is 2. The number of halogens is 3. The summed E-state index contributed by atoms with van der Waals surface area (Å²) in [5.74, 6) is 0.416. The Morgan fingerprint density at radius 2 is 1.94 bits per heavy atom. The molecule has 2 aromatic carbocycles. The Hall–Kier alpha value is -2.87. The molecule has 4 nitrogen and oxygen atoms in total. The van der Waals surface area contributed by atoms with E-state index in [2.05, 4.69) is 4.98 Å². The van der Waals surface area contributed by atoms with Gasteiger partial charge in [-0.25, -0.2) is 4.98 Å². The molecule has 3 aromatic rings.